The number of nitrogens with one attached hydrogen (secondary N) is 1. The maximum Gasteiger partial charge on any atom is 0.241 e. The van der Waals surface area contributed by atoms with Crippen molar-refractivity contribution >= 4 is 11.6 Å². The molecule has 0 fully saturated rings. The van der Waals surface area contributed by atoms with Crippen molar-refractivity contribution in [1.82, 2.24) is 4.90 Å². The largest absolute Gasteiger partial charge is 0.497 e. The van der Waals surface area contributed by atoms with E-state index in [2.05, 4.69) is 34.5 Å². The number of hydrogen-bond acceptors (Lipinski definition) is 3. The fourth-order valence-electron chi connectivity index (χ4n) is 2.94. The molecule has 0 bridgehead atoms. The molecule has 1 N–H and O–H groups in total. The summed E-state index contributed by atoms with van der Waals surface area (Å²) in [7, 11) is 1.63. The molecule has 23 heavy (non-hydrogen) atoms. The molecule has 1 amide bonds. The Morgan fingerprint density at radius 2 is 1.83 bits per heavy atom. The number of fused-ring (bicyclic) bond motifs is 1. The molecule has 1 unspecified atom stereocenters. The smallest absolute Gasteiger partial charge is 0.241 e. The Morgan fingerprint density at radius 1 is 1.13 bits per heavy atom. The topological polar surface area (TPSA) is 41.6 Å². The zero-order valence-corrected chi connectivity index (χ0v) is 13.6. The zero-order valence-electron chi connectivity index (χ0n) is 13.6. The fourth-order valence-corrected chi connectivity index (χ4v) is 2.94. The summed E-state index contributed by atoms with van der Waals surface area (Å²) in [5.74, 6) is 0.804. The molecule has 0 radical (unpaired) electrons. The highest BCUT2D eigenvalue weighted by molar-refractivity contribution is 5.94. The van der Waals surface area contributed by atoms with Gasteiger partial charge in [-0.15, -0.1) is 0 Å². The number of rotatable bonds is 4. The van der Waals surface area contributed by atoms with Crippen LogP contribution in [0.4, 0.5) is 5.69 Å². The minimum absolute atomic E-state index is 0.0227. The van der Waals surface area contributed by atoms with Gasteiger partial charge in [-0.25, -0.2) is 0 Å². The van der Waals surface area contributed by atoms with E-state index in [1.165, 1.54) is 11.1 Å². The number of methoxy groups -OCH3 is 1. The molecule has 2 aromatic rings. The summed E-state index contributed by atoms with van der Waals surface area (Å²) in [6, 6.07) is 15.7. The second-order valence-corrected chi connectivity index (χ2v) is 5.88. The lowest BCUT2D eigenvalue weighted by atomic mass is 9.99. The Kier molecular flexibility index (Phi) is 4.63. The third-order valence-corrected chi connectivity index (χ3v) is 4.44. The Balaban J connectivity index is 1.63. The van der Waals surface area contributed by atoms with Crippen molar-refractivity contribution in [3.63, 3.8) is 0 Å². The first-order valence-electron chi connectivity index (χ1n) is 7.93. The van der Waals surface area contributed by atoms with E-state index in [0.717, 1.165) is 30.9 Å². The van der Waals surface area contributed by atoms with Crippen LogP contribution < -0.4 is 10.1 Å². The van der Waals surface area contributed by atoms with Gasteiger partial charge in [-0.2, -0.15) is 0 Å². The van der Waals surface area contributed by atoms with E-state index in [-0.39, 0.29) is 11.9 Å². The number of amides is 1. The summed E-state index contributed by atoms with van der Waals surface area (Å²) in [6.45, 7) is 3.70. The monoisotopic (exact) mass is 310 g/mol. The molecule has 1 atom stereocenters. The van der Waals surface area contributed by atoms with Crippen molar-refractivity contribution in [2.24, 2.45) is 0 Å². The van der Waals surface area contributed by atoms with Gasteiger partial charge in [0.1, 0.15) is 5.75 Å². The Morgan fingerprint density at radius 3 is 2.52 bits per heavy atom. The van der Waals surface area contributed by atoms with Gasteiger partial charge in [0.15, 0.2) is 0 Å². The number of carbonyl (C=O) groups excluding carboxylic acids is 1. The second-order valence-electron chi connectivity index (χ2n) is 5.88. The van der Waals surface area contributed by atoms with E-state index in [0.29, 0.717) is 0 Å². The predicted molar refractivity (Wildman–Crippen MR) is 91.6 cm³/mol. The third-order valence-electron chi connectivity index (χ3n) is 4.44. The molecule has 4 heteroatoms. The summed E-state index contributed by atoms with van der Waals surface area (Å²) in [5.41, 5.74) is 3.51. The van der Waals surface area contributed by atoms with Gasteiger partial charge in [0, 0.05) is 18.8 Å². The molecule has 1 aliphatic heterocycles. The maximum absolute atomic E-state index is 12.5. The molecular formula is C19H22N2O2. The molecule has 0 spiro atoms. The number of benzene rings is 2. The van der Waals surface area contributed by atoms with E-state index in [4.69, 9.17) is 4.74 Å². The highest BCUT2D eigenvalue weighted by Gasteiger charge is 2.25. The second kappa shape index (κ2) is 6.84. The third kappa shape index (κ3) is 3.54. The summed E-state index contributed by atoms with van der Waals surface area (Å²) in [5, 5.41) is 2.98. The van der Waals surface area contributed by atoms with Gasteiger partial charge in [0.05, 0.1) is 13.2 Å². The van der Waals surface area contributed by atoms with Crippen LogP contribution in [-0.4, -0.2) is 30.5 Å². The molecule has 1 aliphatic rings. The first-order valence-corrected chi connectivity index (χ1v) is 7.93. The van der Waals surface area contributed by atoms with Crippen molar-refractivity contribution in [3.8, 4) is 5.75 Å². The van der Waals surface area contributed by atoms with Crippen LogP contribution in [0, 0.1) is 0 Å². The van der Waals surface area contributed by atoms with Crippen molar-refractivity contribution < 1.29 is 9.53 Å². The van der Waals surface area contributed by atoms with Gasteiger partial charge >= 0.3 is 0 Å². The van der Waals surface area contributed by atoms with E-state index < -0.39 is 0 Å². The summed E-state index contributed by atoms with van der Waals surface area (Å²) in [4.78, 5) is 14.7. The van der Waals surface area contributed by atoms with Gasteiger partial charge in [-0.3, -0.25) is 9.69 Å². The van der Waals surface area contributed by atoms with Crippen LogP contribution in [0.5, 0.6) is 5.75 Å². The SMILES string of the molecule is COc1ccc(NC(=O)C(C)N2CCc3ccccc3C2)cc1. The first-order chi connectivity index (χ1) is 11.2. The van der Waals surface area contributed by atoms with Crippen LogP contribution in [0.15, 0.2) is 48.5 Å². The quantitative estimate of drug-likeness (QED) is 0.943. The minimum Gasteiger partial charge on any atom is -0.497 e. The van der Waals surface area contributed by atoms with E-state index in [1.54, 1.807) is 7.11 Å². The molecule has 0 aromatic heterocycles. The lowest BCUT2D eigenvalue weighted by Gasteiger charge is -2.32. The first kappa shape index (κ1) is 15.6. The normalized spacial score (nSPS) is 15.6. The molecule has 120 valence electrons. The van der Waals surface area contributed by atoms with E-state index >= 15 is 0 Å². The summed E-state index contributed by atoms with van der Waals surface area (Å²) >= 11 is 0. The van der Waals surface area contributed by atoms with Crippen molar-refractivity contribution in [3.05, 3.63) is 59.7 Å². The highest BCUT2D eigenvalue weighted by atomic mass is 16.5. The number of anilines is 1. The standard InChI is InChI=1S/C19H22N2O2/c1-14(19(22)20-17-7-9-18(23-2)10-8-17)21-12-11-15-5-3-4-6-16(15)13-21/h3-10,14H,11-13H2,1-2H3,(H,20,22). The van der Waals surface area contributed by atoms with Gasteiger partial charge < -0.3 is 10.1 Å². The van der Waals surface area contributed by atoms with Crippen LogP contribution in [-0.2, 0) is 17.8 Å². The van der Waals surface area contributed by atoms with Gasteiger partial charge in [-0.05, 0) is 48.7 Å². The molecule has 0 saturated carbocycles. The van der Waals surface area contributed by atoms with Gasteiger partial charge in [-0.1, -0.05) is 24.3 Å². The number of ether oxygens (including phenoxy) is 1. The van der Waals surface area contributed by atoms with Crippen LogP contribution >= 0.6 is 0 Å². The number of nitrogens with zero attached hydrogens (tertiary/aromatic N) is 1. The number of carbonyl (C=O) groups is 1. The van der Waals surface area contributed by atoms with Crippen LogP contribution in [0.1, 0.15) is 18.1 Å². The van der Waals surface area contributed by atoms with Gasteiger partial charge in [0.25, 0.3) is 0 Å². The molecular weight excluding hydrogens is 288 g/mol. The average Bonchev–Trinajstić information content (AvgIpc) is 2.61. The average molecular weight is 310 g/mol. The molecule has 3 rings (SSSR count). The van der Waals surface area contributed by atoms with Crippen molar-refractivity contribution in [2.45, 2.75) is 25.9 Å². The van der Waals surface area contributed by atoms with Crippen LogP contribution in [0.25, 0.3) is 0 Å². The highest BCUT2D eigenvalue weighted by Crippen LogP contribution is 2.21. The van der Waals surface area contributed by atoms with Crippen LogP contribution in [0.2, 0.25) is 0 Å². The molecule has 0 saturated heterocycles. The molecule has 4 nitrogen and oxygen atoms in total. The lowest BCUT2D eigenvalue weighted by Crippen LogP contribution is -2.44. The minimum atomic E-state index is -0.162. The molecule has 0 aliphatic carbocycles. The maximum atomic E-state index is 12.5. The fraction of sp³-hybridized carbons (Fsp3) is 0.316. The summed E-state index contributed by atoms with van der Waals surface area (Å²) < 4.78 is 5.13. The molecule has 2 aromatic carbocycles. The van der Waals surface area contributed by atoms with E-state index in [1.807, 2.05) is 31.2 Å². The number of hydrogen-bond donors (Lipinski definition) is 1. The van der Waals surface area contributed by atoms with E-state index in [9.17, 15) is 4.79 Å². The van der Waals surface area contributed by atoms with Crippen molar-refractivity contribution in [1.29, 1.82) is 0 Å². The van der Waals surface area contributed by atoms with Gasteiger partial charge in [0.2, 0.25) is 5.91 Å². The Hall–Kier alpha value is -2.33. The Bertz CT molecular complexity index is 682. The lowest BCUT2D eigenvalue weighted by molar-refractivity contribution is -0.121. The zero-order chi connectivity index (χ0) is 16.2. The predicted octanol–water partition coefficient (Wildman–Crippen LogP) is 3.08. The molecule has 1 heterocycles. The van der Waals surface area contributed by atoms with Crippen LogP contribution in [0.3, 0.4) is 0 Å². The van der Waals surface area contributed by atoms with Crippen molar-refractivity contribution in [2.75, 3.05) is 19.0 Å². The summed E-state index contributed by atoms with van der Waals surface area (Å²) in [6.07, 6.45) is 0.996. The Labute approximate surface area is 137 Å².